The molecule has 2 amide bonds. The van der Waals surface area contributed by atoms with Gasteiger partial charge in [0.25, 0.3) is 0 Å². The lowest BCUT2D eigenvalue weighted by molar-refractivity contribution is -0.161. The maximum Gasteiger partial charge on any atom is 0.407 e. The molecule has 6 heteroatoms. The summed E-state index contributed by atoms with van der Waals surface area (Å²) in [5.74, 6) is 0.280. The molecule has 0 spiro atoms. The van der Waals surface area contributed by atoms with Gasteiger partial charge in [-0.15, -0.1) is 0 Å². The zero-order valence-corrected chi connectivity index (χ0v) is 16.7. The third-order valence-corrected chi connectivity index (χ3v) is 5.37. The van der Waals surface area contributed by atoms with Crippen molar-refractivity contribution in [3.8, 4) is 0 Å². The molecule has 154 valence electrons. The second-order valence-electron chi connectivity index (χ2n) is 7.43. The Balaban J connectivity index is 1.41. The highest BCUT2D eigenvalue weighted by molar-refractivity contribution is 5.87. The average Bonchev–Trinajstić information content (AvgIpc) is 3.29. The van der Waals surface area contributed by atoms with Crippen LogP contribution in [0.3, 0.4) is 0 Å². The van der Waals surface area contributed by atoms with Crippen molar-refractivity contribution in [2.75, 3.05) is 0 Å². The molecule has 3 atom stereocenters. The van der Waals surface area contributed by atoms with Crippen LogP contribution in [-0.4, -0.2) is 22.9 Å². The van der Waals surface area contributed by atoms with Crippen LogP contribution in [0.4, 0.5) is 4.79 Å². The Morgan fingerprint density at radius 3 is 2.33 bits per heavy atom. The quantitative estimate of drug-likeness (QED) is 0.596. The smallest absolute Gasteiger partial charge is 0.407 e. The molecule has 0 bridgehead atoms. The summed E-state index contributed by atoms with van der Waals surface area (Å²) < 4.78 is 10.9. The normalized spacial score (nSPS) is 19.1. The molecule has 1 saturated heterocycles. The van der Waals surface area contributed by atoms with E-state index in [2.05, 4.69) is 5.32 Å². The van der Waals surface area contributed by atoms with Crippen molar-refractivity contribution < 1.29 is 18.7 Å². The first-order chi connectivity index (χ1) is 14.6. The van der Waals surface area contributed by atoms with E-state index in [0.29, 0.717) is 12.3 Å². The molecule has 30 heavy (non-hydrogen) atoms. The van der Waals surface area contributed by atoms with E-state index in [9.17, 15) is 9.59 Å². The highest BCUT2D eigenvalue weighted by Crippen LogP contribution is 2.43. The Morgan fingerprint density at radius 1 is 1.03 bits per heavy atom. The molecule has 0 aliphatic carbocycles. The lowest BCUT2D eigenvalue weighted by atomic mass is 9.80. The predicted molar refractivity (Wildman–Crippen MR) is 111 cm³/mol. The van der Waals surface area contributed by atoms with Crippen LogP contribution in [0, 0.1) is 5.92 Å². The highest BCUT2D eigenvalue weighted by atomic mass is 16.5. The standard InChI is InChI=1S/C24H24N2O4/c1-17(25-24(28)30-16-19-11-6-3-7-12-19)21-22(20-13-8-14-29-20)26(23(21)27)15-18-9-4-2-5-10-18/h2-14,17,21-22H,15-16H2,1H3,(H,25,28). The van der Waals surface area contributed by atoms with Gasteiger partial charge in [-0.1, -0.05) is 60.7 Å². The summed E-state index contributed by atoms with van der Waals surface area (Å²) in [6, 6.07) is 22.3. The van der Waals surface area contributed by atoms with E-state index in [1.807, 2.05) is 79.7 Å². The lowest BCUT2D eigenvalue weighted by Crippen LogP contribution is -2.61. The fourth-order valence-corrected chi connectivity index (χ4v) is 3.85. The van der Waals surface area contributed by atoms with Gasteiger partial charge in [0.1, 0.15) is 18.4 Å². The maximum absolute atomic E-state index is 13.0. The fraction of sp³-hybridized carbons (Fsp3) is 0.250. The minimum Gasteiger partial charge on any atom is -0.467 e. The number of ether oxygens (including phenoxy) is 1. The number of carbonyl (C=O) groups is 2. The molecule has 0 saturated carbocycles. The van der Waals surface area contributed by atoms with E-state index in [1.54, 1.807) is 11.2 Å². The molecule has 3 aromatic rings. The van der Waals surface area contributed by atoms with Gasteiger partial charge < -0.3 is 19.4 Å². The number of hydrogen-bond donors (Lipinski definition) is 1. The van der Waals surface area contributed by atoms with Crippen LogP contribution >= 0.6 is 0 Å². The number of carbonyl (C=O) groups excluding carboxylic acids is 2. The number of nitrogens with zero attached hydrogens (tertiary/aromatic N) is 1. The van der Waals surface area contributed by atoms with E-state index in [-0.39, 0.29) is 18.6 Å². The van der Waals surface area contributed by atoms with Gasteiger partial charge in [-0.05, 0) is 30.2 Å². The second-order valence-corrected chi connectivity index (χ2v) is 7.43. The molecule has 2 heterocycles. The second kappa shape index (κ2) is 8.86. The van der Waals surface area contributed by atoms with Gasteiger partial charge in [0.05, 0.1) is 12.2 Å². The van der Waals surface area contributed by atoms with Crippen LogP contribution in [-0.2, 0) is 22.7 Å². The van der Waals surface area contributed by atoms with Crippen LogP contribution in [0.15, 0.2) is 83.5 Å². The van der Waals surface area contributed by atoms with Crippen molar-refractivity contribution in [1.82, 2.24) is 10.2 Å². The molecule has 3 unspecified atom stereocenters. The van der Waals surface area contributed by atoms with Gasteiger partial charge in [-0.25, -0.2) is 4.79 Å². The number of β-lactam (4-membered cyclic amide) rings is 1. The SMILES string of the molecule is CC(NC(=O)OCc1ccccc1)C1C(=O)N(Cc2ccccc2)C1c1ccco1. The summed E-state index contributed by atoms with van der Waals surface area (Å²) in [5, 5.41) is 2.81. The highest BCUT2D eigenvalue weighted by Gasteiger charge is 2.52. The molecule has 1 aromatic heterocycles. The summed E-state index contributed by atoms with van der Waals surface area (Å²) in [7, 11) is 0. The average molecular weight is 404 g/mol. The summed E-state index contributed by atoms with van der Waals surface area (Å²) >= 11 is 0. The number of likely N-dealkylation sites (tertiary alicyclic amines) is 1. The van der Waals surface area contributed by atoms with Gasteiger partial charge in [0, 0.05) is 12.6 Å². The molecule has 4 rings (SSSR count). The predicted octanol–water partition coefficient (Wildman–Crippen LogP) is 4.29. The number of nitrogens with one attached hydrogen (secondary N) is 1. The van der Waals surface area contributed by atoms with Crippen molar-refractivity contribution in [3.05, 3.63) is 95.9 Å². The Bertz CT molecular complexity index is 973. The number of amides is 2. The molecule has 0 radical (unpaired) electrons. The van der Waals surface area contributed by atoms with E-state index in [4.69, 9.17) is 9.15 Å². The summed E-state index contributed by atoms with van der Waals surface area (Å²) in [6.45, 7) is 2.49. The fourth-order valence-electron chi connectivity index (χ4n) is 3.85. The Labute approximate surface area is 175 Å². The molecular weight excluding hydrogens is 380 g/mol. The Morgan fingerprint density at radius 2 is 1.70 bits per heavy atom. The largest absolute Gasteiger partial charge is 0.467 e. The minimum absolute atomic E-state index is 0.0175. The molecule has 1 N–H and O–H groups in total. The first-order valence-electron chi connectivity index (χ1n) is 9.98. The maximum atomic E-state index is 13.0. The summed E-state index contributed by atoms with van der Waals surface area (Å²) in [5.41, 5.74) is 1.95. The zero-order valence-electron chi connectivity index (χ0n) is 16.7. The molecule has 1 fully saturated rings. The molecule has 2 aromatic carbocycles. The zero-order chi connectivity index (χ0) is 20.9. The van der Waals surface area contributed by atoms with Gasteiger partial charge in [-0.2, -0.15) is 0 Å². The van der Waals surface area contributed by atoms with Gasteiger partial charge in [0.2, 0.25) is 5.91 Å². The van der Waals surface area contributed by atoms with Crippen LogP contribution in [0.5, 0.6) is 0 Å². The minimum atomic E-state index is -0.543. The molecule has 1 aliphatic rings. The van der Waals surface area contributed by atoms with E-state index in [0.717, 1.165) is 11.1 Å². The lowest BCUT2D eigenvalue weighted by Gasteiger charge is -2.48. The summed E-state index contributed by atoms with van der Waals surface area (Å²) in [4.78, 5) is 27.0. The van der Waals surface area contributed by atoms with Crippen molar-refractivity contribution in [3.63, 3.8) is 0 Å². The Kier molecular flexibility index (Phi) is 5.84. The molecular formula is C24H24N2O4. The first kappa shape index (κ1) is 19.8. The number of alkyl carbamates (subject to hydrolysis) is 1. The van der Waals surface area contributed by atoms with Crippen LogP contribution in [0.1, 0.15) is 29.9 Å². The summed E-state index contributed by atoms with van der Waals surface area (Å²) in [6.07, 6.45) is 1.06. The topological polar surface area (TPSA) is 71.8 Å². The van der Waals surface area contributed by atoms with Crippen LogP contribution in [0.25, 0.3) is 0 Å². The van der Waals surface area contributed by atoms with Gasteiger partial charge in [0.15, 0.2) is 0 Å². The molecule has 6 nitrogen and oxygen atoms in total. The van der Waals surface area contributed by atoms with Gasteiger partial charge in [-0.3, -0.25) is 4.79 Å². The van der Waals surface area contributed by atoms with Crippen molar-refractivity contribution >= 4 is 12.0 Å². The van der Waals surface area contributed by atoms with Crippen LogP contribution < -0.4 is 5.32 Å². The third kappa shape index (κ3) is 4.22. The van der Waals surface area contributed by atoms with Gasteiger partial charge >= 0.3 is 6.09 Å². The number of benzene rings is 2. The molecule has 1 aliphatic heterocycles. The monoisotopic (exact) mass is 404 g/mol. The van der Waals surface area contributed by atoms with E-state index in [1.165, 1.54) is 0 Å². The first-order valence-corrected chi connectivity index (χ1v) is 9.98. The van der Waals surface area contributed by atoms with Crippen molar-refractivity contribution in [2.45, 2.75) is 32.2 Å². The number of furan rings is 1. The van der Waals surface area contributed by atoms with Crippen LogP contribution in [0.2, 0.25) is 0 Å². The third-order valence-electron chi connectivity index (χ3n) is 5.37. The number of rotatable bonds is 7. The Hall–Kier alpha value is -3.54. The van der Waals surface area contributed by atoms with E-state index < -0.39 is 18.1 Å². The van der Waals surface area contributed by atoms with Crippen molar-refractivity contribution in [1.29, 1.82) is 0 Å². The number of hydrogen-bond acceptors (Lipinski definition) is 4. The van der Waals surface area contributed by atoms with E-state index >= 15 is 0 Å². The van der Waals surface area contributed by atoms with Crippen molar-refractivity contribution in [2.24, 2.45) is 5.92 Å².